The van der Waals surface area contributed by atoms with E-state index in [0.29, 0.717) is 0 Å². The number of rotatable bonds is 1. The van der Waals surface area contributed by atoms with Gasteiger partial charge in [0, 0.05) is 17.8 Å². The maximum Gasteiger partial charge on any atom is 0.0448 e. The molecule has 0 amide bonds. The molecule has 0 aromatic carbocycles. The van der Waals surface area contributed by atoms with Crippen molar-refractivity contribution in [3.63, 3.8) is 0 Å². The molecular weight excluding hydrogens is 73.5 g/mol. The molecule has 1 nitrogen and oxygen atoms in total. The van der Waals surface area contributed by atoms with Gasteiger partial charge in [-0.15, -0.1) is 11.6 Å². The minimum absolute atomic E-state index is 2.46. The molecule has 0 aromatic rings. The lowest BCUT2D eigenvalue weighted by Crippen LogP contribution is -1.97. The van der Waals surface area contributed by atoms with E-state index in [0.717, 1.165) is 0 Å². The Kier molecular flexibility index (Phi) is 0.694. The molecule has 0 saturated heterocycles. The molecule has 0 fully saturated rings. The van der Waals surface area contributed by atoms with Gasteiger partial charge in [-0.25, -0.2) is 0 Å². The quantitative estimate of drug-likeness (QED) is 0.450. The zero-order valence-electron chi connectivity index (χ0n) is 5.96. The van der Waals surface area contributed by atoms with Gasteiger partial charge in [0.05, 0.1) is 0 Å². The predicted molar refractivity (Wildman–Crippen MR) is 19.8 cm³/mol. The summed E-state index contributed by atoms with van der Waals surface area (Å²) < 4.78 is 26.1. The summed E-state index contributed by atoms with van der Waals surface area (Å²) in [6, 6.07) is 0. The summed E-state index contributed by atoms with van der Waals surface area (Å²) in [5.74, 6) is -2.48. The minimum Gasteiger partial charge on any atom is -0.329 e. The highest BCUT2D eigenvalue weighted by Crippen LogP contribution is 1.60. The molecular formula is C2H6ClN. The van der Waals surface area contributed by atoms with Gasteiger partial charge in [-0.05, 0) is 0 Å². The van der Waals surface area contributed by atoms with Crippen molar-refractivity contribution < 1.29 is 5.48 Å². The molecule has 0 bridgehead atoms. The highest BCUT2D eigenvalue weighted by molar-refractivity contribution is 6.18. The van der Waals surface area contributed by atoms with Crippen molar-refractivity contribution in [3.8, 4) is 0 Å². The first kappa shape index (κ1) is 0.854. The van der Waals surface area contributed by atoms with Crippen molar-refractivity contribution in [1.82, 2.24) is 0 Å². The second kappa shape index (κ2) is 3.25. The normalized spacial score (nSPS) is 29.5. The number of alkyl halides is 1. The Morgan fingerprint density at radius 3 is 2.50 bits per heavy atom. The summed E-state index contributed by atoms with van der Waals surface area (Å²) >= 11 is 4.84. The van der Waals surface area contributed by atoms with Gasteiger partial charge in [0.15, 0.2) is 0 Å². The molecule has 0 aliphatic carbocycles. The Hall–Kier alpha value is 0.250. The van der Waals surface area contributed by atoms with Gasteiger partial charge < -0.3 is 5.73 Å². The molecule has 4 heavy (non-hydrogen) atoms. The number of nitrogens with two attached hydrogens (primary N) is 1. The summed E-state index contributed by atoms with van der Waals surface area (Å²) in [4.78, 5) is 0. The standard InChI is InChI=1S/C2H6ClN/c3-1-2-4/h1-2,4H2/i1D2,2D2. The molecule has 0 spiro atoms. The lowest BCUT2D eigenvalue weighted by molar-refractivity contribution is 1.14. The molecule has 0 aliphatic rings. The van der Waals surface area contributed by atoms with E-state index < -0.39 is 12.3 Å². The molecule has 0 radical (unpaired) electrons. The van der Waals surface area contributed by atoms with Crippen LogP contribution in [0.15, 0.2) is 0 Å². The SMILES string of the molecule is [2H]C([2H])(N)C([2H])([2H])Cl. The average Bonchev–Trinajstić information content (AvgIpc) is 1.25. The first-order valence-electron chi connectivity index (χ1n) is 2.73. The van der Waals surface area contributed by atoms with E-state index >= 15 is 0 Å². The van der Waals surface area contributed by atoms with Gasteiger partial charge in [0.2, 0.25) is 0 Å². The van der Waals surface area contributed by atoms with E-state index in [1.807, 2.05) is 0 Å². The molecule has 2 N–H and O–H groups in total. The third kappa shape index (κ3) is 2.25. The van der Waals surface area contributed by atoms with Gasteiger partial charge in [0.1, 0.15) is 0 Å². The van der Waals surface area contributed by atoms with Crippen LogP contribution in [0.5, 0.6) is 0 Å². The van der Waals surface area contributed by atoms with Crippen molar-refractivity contribution in [3.05, 3.63) is 0 Å². The first-order chi connectivity index (χ1) is 3.25. The third-order valence-corrected chi connectivity index (χ3v) is 0.164. The molecule has 0 rings (SSSR count). The Morgan fingerprint density at radius 1 is 2.25 bits per heavy atom. The molecule has 0 saturated carbocycles. The van der Waals surface area contributed by atoms with Gasteiger partial charge in [-0.3, -0.25) is 0 Å². The summed E-state index contributed by atoms with van der Waals surface area (Å²) in [6.07, 6.45) is 0. The topological polar surface area (TPSA) is 26.0 Å². The smallest absolute Gasteiger partial charge is 0.0448 e. The van der Waals surface area contributed by atoms with E-state index in [2.05, 4.69) is 5.73 Å². The summed E-state index contributed by atoms with van der Waals surface area (Å²) in [6.45, 7) is -2.46. The summed E-state index contributed by atoms with van der Waals surface area (Å²) in [7, 11) is 0. The highest BCUT2D eigenvalue weighted by Gasteiger charge is 1.58. The van der Waals surface area contributed by atoms with Crippen LogP contribution in [-0.4, -0.2) is 12.3 Å². The van der Waals surface area contributed by atoms with Crippen LogP contribution in [-0.2, 0) is 0 Å². The van der Waals surface area contributed by atoms with Crippen LogP contribution in [0.4, 0.5) is 0 Å². The fraction of sp³-hybridized carbons (Fsp3) is 1.00. The minimum atomic E-state index is -2.48. The number of hydrogen-bond acceptors (Lipinski definition) is 1. The van der Waals surface area contributed by atoms with Crippen molar-refractivity contribution in [1.29, 1.82) is 0 Å². The van der Waals surface area contributed by atoms with Crippen molar-refractivity contribution >= 4 is 11.6 Å². The molecule has 0 atom stereocenters. The van der Waals surface area contributed by atoms with Gasteiger partial charge in [-0.2, -0.15) is 0 Å². The Labute approximate surface area is 36.4 Å². The molecule has 0 unspecified atom stereocenters. The van der Waals surface area contributed by atoms with E-state index in [1.165, 1.54) is 0 Å². The summed E-state index contributed by atoms with van der Waals surface area (Å²) in [5, 5.41) is 0. The van der Waals surface area contributed by atoms with Crippen LogP contribution in [0.25, 0.3) is 0 Å². The molecule has 26 valence electrons. The Morgan fingerprint density at radius 2 is 2.50 bits per heavy atom. The zero-order valence-corrected chi connectivity index (χ0v) is 2.71. The number of halogens is 1. The highest BCUT2D eigenvalue weighted by atomic mass is 35.5. The first-order valence-corrected chi connectivity index (χ1v) is 1.11. The predicted octanol–water partition coefficient (Wildman–Crippen LogP) is 0.184. The van der Waals surface area contributed by atoms with Crippen LogP contribution in [0.3, 0.4) is 0 Å². The summed E-state index contributed by atoms with van der Waals surface area (Å²) in [5.41, 5.74) is 4.64. The van der Waals surface area contributed by atoms with Gasteiger partial charge in [-0.1, -0.05) is 0 Å². The van der Waals surface area contributed by atoms with Gasteiger partial charge in [0.25, 0.3) is 0 Å². The number of hydrogen-bond donors (Lipinski definition) is 1. The maximum absolute atomic E-state index is 6.52. The monoisotopic (exact) mass is 83.0 g/mol. The fourth-order valence-electron chi connectivity index (χ4n) is 0. The Balaban J connectivity index is 4.02. The molecule has 0 aromatic heterocycles. The van der Waals surface area contributed by atoms with E-state index in [-0.39, 0.29) is 0 Å². The van der Waals surface area contributed by atoms with Crippen LogP contribution >= 0.6 is 11.6 Å². The molecule has 0 heterocycles. The average molecular weight is 83.6 g/mol. The zero-order chi connectivity index (χ0) is 7.00. The third-order valence-electron chi connectivity index (χ3n) is 0.0546. The van der Waals surface area contributed by atoms with Crippen molar-refractivity contribution in [2.75, 3.05) is 12.3 Å². The second-order valence-corrected chi connectivity index (χ2v) is 0.428. The Bertz CT molecular complexity index is 69.0. The van der Waals surface area contributed by atoms with E-state index in [9.17, 15) is 0 Å². The molecule has 0 aliphatic heterocycles. The fourth-order valence-corrected chi connectivity index (χ4v) is 0. The van der Waals surface area contributed by atoms with E-state index in [1.54, 1.807) is 0 Å². The largest absolute Gasteiger partial charge is 0.329 e. The van der Waals surface area contributed by atoms with Crippen LogP contribution in [0.1, 0.15) is 5.48 Å². The van der Waals surface area contributed by atoms with Crippen LogP contribution in [0, 0.1) is 0 Å². The van der Waals surface area contributed by atoms with Crippen LogP contribution < -0.4 is 5.73 Å². The van der Waals surface area contributed by atoms with Gasteiger partial charge >= 0.3 is 0 Å². The van der Waals surface area contributed by atoms with Crippen LogP contribution in [0.2, 0.25) is 0 Å². The van der Waals surface area contributed by atoms with E-state index in [4.69, 9.17) is 17.1 Å². The second-order valence-electron chi connectivity index (χ2n) is 0.239. The van der Waals surface area contributed by atoms with Crippen molar-refractivity contribution in [2.24, 2.45) is 5.73 Å². The maximum atomic E-state index is 6.52. The lowest BCUT2D eigenvalue weighted by atomic mass is 10.8. The lowest BCUT2D eigenvalue weighted by Gasteiger charge is -1.68. The molecule has 2 heteroatoms. The van der Waals surface area contributed by atoms with Crippen molar-refractivity contribution in [2.45, 2.75) is 0 Å².